The molecule has 9 nitrogen and oxygen atoms in total. The van der Waals surface area contributed by atoms with E-state index in [0.29, 0.717) is 43.3 Å². The zero-order valence-corrected chi connectivity index (χ0v) is 19.0. The number of hydrogen-bond acceptors (Lipinski definition) is 6. The van der Waals surface area contributed by atoms with E-state index in [4.69, 9.17) is 9.84 Å². The predicted molar refractivity (Wildman–Crippen MR) is 126 cm³/mol. The molecule has 174 valence electrons. The highest BCUT2D eigenvalue weighted by atomic mass is 16.5. The summed E-state index contributed by atoms with van der Waals surface area (Å²) in [6.07, 6.45) is 3.33. The molecule has 9 heteroatoms. The first kappa shape index (κ1) is 21.0. The fourth-order valence-corrected chi connectivity index (χ4v) is 5.17. The molecule has 2 unspecified atom stereocenters. The van der Waals surface area contributed by atoms with E-state index in [1.165, 1.54) is 0 Å². The highest BCUT2D eigenvalue weighted by molar-refractivity contribution is 5.95. The Labute approximate surface area is 195 Å². The quantitative estimate of drug-likeness (QED) is 0.506. The molecular formula is C25H26N6O3. The molecule has 0 bridgehead atoms. The van der Waals surface area contributed by atoms with Gasteiger partial charge >= 0.3 is 0 Å². The Bertz CT molecular complexity index is 1440. The van der Waals surface area contributed by atoms with E-state index < -0.39 is 0 Å². The van der Waals surface area contributed by atoms with Crippen molar-refractivity contribution in [2.24, 2.45) is 5.92 Å². The molecule has 0 spiro atoms. The second kappa shape index (κ2) is 8.32. The number of hydrogen-bond donors (Lipinski definition) is 1. The Morgan fingerprint density at radius 3 is 2.79 bits per heavy atom. The first-order chi connectivity index (χ1) is 16.6. The number of carbonyl (C=O) groups excluding carboxylic acids is 1. The Hall–Kier alpha value is -3.59. The van der Waals surface area contributed by atoms with Crippen LogP contribution in [0, 0.1) is 5.92 Å². The Kier molecular flexibility index (Phi) is 5.13. The summed E-state index contributed by atoms with van der Waals surface area (Å²) in [5, 5.41) is 5.82. The van der Waals surface area contributed by atoms with Crippen molar-refractivity contribution in [3.8, 4) is 0 Å². The molecule has 1 amide bonds. The maximum absolute atomic E-state index is 13.3. The van der Waals surface area contributed by atoms with Gasteiger partial charge in [0.15, 0.2) is 5.52 Å². The largest absolute Gasteiger partial charge is 0.381 e. The first-order valence-corrected chi connectivity index (χ1v) is 11.8. The van der Waals surface area contributed by atoms with E-state index in [0.717, 1.165) is 29.6 Å². The molecule has 4 aromatic rings. The van der Waals surface area contributed by atoms with Crippen LogP contribution in [0.1, 0.15) is 53.7 Å². The summed E-state index contributed by atoms with van der Waals surface area (Å²) in [6, 6.07) is 11.5. The van der Waals surface area contributed by atoms with Gasteiger partial charge < -0.3 is 14.6 Å². The van der Waals surface area contributed by atoms with Crippen molar-refractivity contribution in [1.29, 1.82) is 0 Å². The van der Waals surface area contributed by atoms with Crippen LogP contribution >= 0.6 is 0 Å². The van der Waals surface area contributed by atoms with E-state index in [-0.39, 0.29) is 29.2 Å². The Morgan fingerprint density at radius 1 is 1.12 bits per heavy atom. The van der Waals surface area contributed by atoms with Crippen LogP contribution in [0.2, 0.25) is 0 Å². The fraction of sp³-hybridized carbons (Fsp3) is 0.400. The number of rotatable bonds is 3. The van der Waals surface area contributed by atoms with Gasteiger partial charge in [-0.1, -0.05) is 31.2 Å². The number of nitrogens with zero attached hydrogens (tertiary/aromatic N) is 5. The molecule has 1 N–H and O–H groups in total. The number of benzene rings is 1. The van der Waals surface area contributed by atoms with Crippen LogP contribution in [0.4, 0.5) is 0 Å². The number of pyridine rings is 1. The van der Waals surface area contributed by atoms with Crippen LogP contribution in [-0.4, -0.2) is 61.7 Å². The zero-order chi connectivity index (χ0) is 23.2. The van der Waals surface area contributed by atoms with Gasteiger partial charge in [-0.25, -0.2) is 14.5 Å². The summed E-state index contributed by atoms with van der Waals surface area (Å²) in [5.41, 5.74) is 1.47. The van der Waals surface area contributed by atoms with E-state index in [1.54, 1.807) is 16.8 Å². The number of nitrogens with one attached hydrogen (secondary N) is 1. The standard InChI is InChI=1S/C25H26N6O3/c1-15-13-30(25(33)20-7-6-16-4-2-3-5-19(16)27-20)14-18(15)22-28-24(32)21-12-26-23(31(21)29-22)17-8-10-34-11-9-17/h2-7,12,15,17-18H,8-11,13-14H2,1H3,(H,28,29,32). The van der Waals surface area contributed by atoms with Gasteiger partial charge in [0.05, 0.1) is 11.7 Å². The lowest BCUT2D eigenvalue weighted by Crippen LogP contribution is -2.30. The minimum absolute atomic E-state index is 0.0774. The van der Waals surface area contributed by atoms with Gasteiger partial charge in [-0.3, -0.25) is 9.59 Å². The third-order valence-corrected chi connectivity index (χ3v) is 7.10. The second-order valence-corrected chi connectivity index (χ2v) is 9.32. The number of carbonyl (C=O) groups is 1. The summed E-state index contributed by atoms with van der Waals surface area (Å²) >= 11 is 0. The highest BCUT2D eigenvalue weighted by Gasteiger charge is 2.36. The molecule has 2 saturated heterocycles. The van der Waals surface area contributed by atoms with Crippen LogP contribution in [-0.2, 0) is 4.74 Å². The predicted octanol–water partition coefficient (Wildman–Crippen LogP) is 2.74. The SMILES string of the molecule is CC1CN(C(=O)c2ccc3ccccc3n2)CC1c1nn2c(C3CCOCC3)ncc2c(=O)[nH]1. The Morgan fingerprint density at radius 2 is 1.94 bits per heavy atom. The summed E-state index contributed by atoms with van der Waals surface area (Å²) < 4.78 is 7.18. The topological polar surface area (TPSA) is 105 Å². The van der Waals surface area contributed by atoms with Gasteiger partial charge in [-0.15, -0.1) is 0 Å². The third kappa shape index (κ3) is 3.56. The van der Waals surface area contributed by atoms with Gasteiger partial charge in [0.1, 0.15) is 17.3 Å². The smallest absolute Gasteiger partial charge is 0.276 e. The Balaban J connectivity index is 1.29. The lowest BCUT2D eigenvalue weighted by molar-refractivity contribution is 0.0781. The lowest BCUT2D eigenvalue weighted by Gasteiger charge is -2.21. The molecule has 2 fully saturated rings. The van der Waals surface area contributed by atoms with E-state index in [1.807, 2.05) is 35.2 Å². The van der Waals surface area contributed by atoms with Gasteiger partial charge in [0.25, 0.3) is 11.5 Å². The van der Waals surface area contributed by atoms with Crippen LogP contribution in [0.5, 0.6) is 0 Å². The van der Waals surface area contributed by atoms with E-state index in [2.05, 4.69) is 21.9 Å². The monoisotopic (exact) mass is 458 g/mol. The molecular weight excluding hydrogens is 432 g/mol. The average Bonchev–Trinajstić information content (AvgIpc) is 3.48. The maximum atomic E-state index is 13.3. The minimum Gasteiger partial charge on any atom is -0.381 e. The van der Waals surface area contributed by atoms with Crippen molar-refractivity contribution in [1.82, 2.24) is 29.5 Å². The number of amides is 1. The number of H-pyrrole nitrogens is 1. The van der Waals surface area contributed by atoms with Crippen molar-refractivity contribution in [2.75, 3.05) is 26.3 Å². The van der Waals surface area contributed by atoms with E-state index >= 15 is 0 Å². The molecule has 5 heterocycles. The number of fused-ring (bicyclic) bond motifs is 2. The van der Waals surface area contributed by atoms with Crippen LogP contribution in [0.3, 0.4) is 0 Å². The molecule has 0 saturated carbocycles. The number of aromatic nitrogens is 5. The normalized spacial score (nSPS) is 21.5. The molecule has 2 aliphatic heterocycles. The summed E-state index contributed by atoms with van der Waals surface area (Å²) in [5.74, 6) is 1.58. The van der Waals surface area contributed by atoms with Crippen molar-refractivity contribution >= 4 is 22.3 Å². The molecule has 3 aromatic heterocycles. The molecule has 6 rings (SSSR count). The molecule has 0 aliphatic carbocycles. The fourth-order valence-electron chi connectivity index (χ4n) is 5.17. The van der Waals surface area contributed by atoms with Crippen LogP contribution in [0.25, 0.3) is 16.4 Å². The minimum atomic E-state index is -0.205. The van der Waals surface area contributed by atoms with Crippen LogP contribution in [0.15, 0.2) is 47.4 Å². The summed E-state index contributed by atoms with van der Waals surface area (Å²) in [4.78, 5) is 40.0. The first-order valence-electron chi connectivity index (χ1n) is 11.8. The van der Waals surface area contributed by atoms with Gasteiger partial charge in [-0.2, -0.15) is 5.10 Å². The van der Waals surface area contributed by atoms with Crippen molar-refractivity contribution in [3.05, 3.63) is 70.3 Å². The van der Waals surface area contributed by atoms with Crippen molar-refractivity contribution < 1.29 is 9.53 Å². The van der Waals surface area contributed by atoms with Crippen LogP contribution < -0.4 is 5.56 Å². The van der Waals surface area contributed by atoms with Crippen molar-refractivity contribution in [2.45, 2.75) is 31.6 Å². The van der Waals surface area contributed by atoms with Gasteiger partial charge in [-0.05, 0) is 30.9 Å². The molecule has 2 atom stereocenters. The highest BCUT2D eigenvalue weighted by Crippen LogP contribution is 2.32. The maximum Gasteiger partial charge on any atom is 0.276 e. The molecule has 34 heavy (non-hydrogen) atoms. The van der Waals surface area contributed by atoms with E-state index in [9.17, 15) is 9.59 Å². The number of ether oxygens (including phenoxy) is 1. The average molecular weight is 459 g/mol. The number of likely N-dealkylation sites (tertiary alicyclic amines) is 1. The second-order valence-electron chi connectivity index (χ2n) is 9.32. The third-order valence-electron chi connectivity index (χ3n) is 7.10. The molecule has 2 aliphatic rings. The number of imidazole rings is 1. The van der Waals surface area contributed by atoms with Gasteiger partial charge in [0, 0.05) is 43.5 Å². The molecule has 0 radical (unpaired) electrons. The lowest BCUT2D eigenvalue weighted by atomic mass is 9.97. The van der Waals surface area contributed by atoms with Crippen molar-refractivity contribution in [3.63, 3.8) is 0 Å². The number of para-hydroxylation sites is 1. The summed E-state index contributed by atoms with van der Waals surface area (Å²) in [6.45, 7) is 4.52. The summed E-state index contributed by atoms with van der Waals surface area (Å²) in [7, 11) is 0. The zero-order valence-electron chi connectivity index (χ0n) is 19.0. The van der Waals surface area contributed by atoms with Gasteiger partial charge in [0.2, 0.25) is 0 Å². The molecule has 1 aromatic carbocycles. The number of aromatic amines is 1.